The summed E-state index contributed by atoms with van der Waals surface area (Å²) in [5.41, 5.74) is 3.06. The van der Waals surface area contributed by atoms with Gasteiger partial charge in [0.1, 0.15) is 5.75 Å². The Balaban J connectivity index is 1.91. The molecule has 2 aromatic rings. The van der Waals surface area contributed by atoms with Crippen LogP contribution in [0.2, 0.25) is 0 Å². The summed E-state index contributed by atoms with van der Waals surface area (Å²) in [7, 11) is 1.65. The molecule has 0 spiro atoms. The van der Waals surface area contributed by atoms with E-state index in [0.29, 0.717) is 0 Å². The second kappa shape index (κ2) is 4.56. The number of methoxy groups -OCH3 is 1. The minimum atomic E-state index is -1.02. The fourth-order valence-corrected chi connectivity index (χ4v) is 3.25. The smallest absolute Gasteiger partial charge is 0.257 e. The van der Waals surface area contributed by atoms with Crippen LogP contribution in [0.1, 0.15) is 36.5 Å². The van der Waals surface area contributed by atoms with Gasteiger partial charge >= 0.3 is 0 Å². The van der Waals surface area contributed by atoms with Crippen molar-refractivity contribution in [3.05, 3.63) is 65.2 Å². The van der Waals surface area contributed by atoms with E-state index in [9.17, 15) is 0 Å². The van der Waals surface area contributed by atoms with Crippen molar-refractivity contribution in [2.24, 2.45) is 0 Å². The molecular weight excluding hydrogens is 280 g/mol. The van der Waals surface area contributed by atoms with Gasteiger partial charge in [0.25, 0.3) is 5.79 Å². The fraction of sp³-hybridized carbons (Fsp3) is 0.333. The maximum atomic E-state index is 6.29. The van der Waals surface area contributed by atoms with Crippen LogP contribution in [0.4, 0.5) is 0 Å². The number of rotatable bonds is 2. The molecule has 0 amide bonds. The van der Waals surface area contributed by atoms with Crippen LogP contribution in [0.25, 0.3) is 0 Å². The second-order valence-electron chi connectivity index (χ2n) is 5.94. The molecule has 22 heavy (non-hydrogen) atoms. The third kappa shape index (κ3) is 1.69. The molecule has 0 aliphatic carbocycles. The van der Waals surface area contributed by atoms with Crippen LogP contribution in [0.5, 0.6) is 5.75 Å². The highest BCUT2D eigenvalue weighted by molar-refractivity contribution is 5.45. The molecule has 4 rings (SSSR count). The summed E-state index contributed by atoms with van der Waals surface area (Å²) in [6.07, 6.45) is 0. The molecule has 114 valence electrons. The Kier molecular flexibility index (Phi) is 2.85. The van der Waals surface area contributed by atoms with E-state index in [1.54, 1.807) is 7.11 Å². The highest BCUT2D eigenvalue weighted by Gasteiger charge is 2.60. The molecule has 0 aromatic heterocycles. The van der Waals surface area contributed by atoms with Crippen LogP contribution < -0.4 is 4.74 Å². The Morgan fingerprint density at radius 3 is 2.45 bits per heavy atom. The van der Waals surface area contributed by atoms with Crippen molar-refractivity contribution in [2.45, 2.75) is 31.3 Å². The first-order valence-electron chi connectivity index (χ1n) is 7.40. The van der Waals surface area contributed by atoms with E-state index in [4.69, 9.17) is 19.2 Å². The van der Waals surface area contributed by atoms with Crippen LogP contribution in [-0.2, 0) is 20.3 Å². The molecule has 1 saturated heterocycles. The van der Waals surface area contributed by atoms with Gasteiger partial charge in [0.2, 0.25) is 5.79 Å². The highest BCUT2D eigenvalue weighted by atomic mass is 17.3. The first kappa shape index (κ1) is 13.8. The normalized spacial score (nSPS) is 32.6. The summed E-state index contributed by atoms with van der Waals surface area (Å²) >= 11 is 0. The standard InChI is InChI=1S/C18H18O4/c1-12-15-6-4-5-7-16(15)18(20-17(12,2)21-22-18)13-8-10-14(19-3)11-9-13/h4-12H,1-3H3/t12?,17-,18+/m1/s1. The average molecular weight is 298 g/mol. The summed E-state index contributed by atoms with van der Waals surface area (Å²) in [6.45, 7) is 4.00. The zero-order valence-corrected chi connectivity index (χ0v) is 12.8. The number of fused-ring (bicyclic) bond motifs is 4. The van der Waals surface area contributed by atoms with Crippen LogP contribution in [-0.4, -0.2) is 12.9 Å². The second-order valence-corrected chi connectivity index (χ2v) is 5.94. The van der Waals surface area contributed by atoms with Gasteiger partial charge in [-0.15, -0.1) is 0 Å². The lowest BCUT2D eigenvalue weighted by atomic mass is 9.81. The predicted octanol–water partition coefficient (Wildman–Crippen LogP) is 3.71. The molecule has 4 nitrogen and oxygen atoms in total. The zero-order valence-electron chi connectivity index (χ0n) is 12.8. The lowest BCUT2D eigenvalue weighted by Gasteiger charge is -2.38. The monoisotopic (exact) mass is 298 g/mol. The Morgan fingerprint density at radius 1 is 1.00 bits per heavy atom. The van der Waals surface area contributed by atoms with E-state index in [-0.39, 0.29) is 5.92 Å². The minimum absolute atomic E-state index is 0.0811. The Bertz CT molecular complexity index is 711. The molecule has 3 atom stereocenters. The van der Waals surface area contributed by atoms with Crippen molar-refractivity contribution in [1.82, 2.24) is 0 Å². The molecule has 0 saturated carbocycles. The van der Waals surface area contributed by atoms with Crippen LogP contribution >= 0.6 is 0 Å². The van der Waals surface area contributed by atoms with Crippen molar-refractivity contribution >= 4 is 0 Å². The zero-order chi connectivity index (χ0) is 15.4. The molecule has 1 fully saturated rings. The van der Waals surface area contributed by atoms with Crippen molar-refractivity contribution in [1.29, 1.82) is 0 Å². The fourth-order valence-electron chi connectivity index (χ4n) is 3.25. The van der Waals surface area contributed by atoms with Gasteiger partial charge in [0.15, 0.2) is 0 Å². The maximum Gasteiger partial charge on any atom is 0.257 e. The van der Waals surface area contributed by atoms with Gasteiger partial charge in [-0.25, -0.2) is 0 Å². The molecule has 2 heterocycles. The van der Waals surface area contributed by atoms with E-state index in [2.05, 4.69) is 13.0 Å². The van der Waals surface area contributed by atoms with Gasteiger partial charge in [-0.3, -0.25) is 0 Å². The quantitative estimate of drug-likeness (QED) is 0.792. The van der Waals surface area contributed by atoms with Gasteiger partial charge < -0.3 is 9.47 Å². The number of hydrogen-bond acceptors (Lipinski definition) is 4. The Labute approximate surface area is 129 Å². The molecule has 0 N–H and O–H groups in total. The predicted molar refractivity (Wildman–Crippen MR) is 80.3 cm³/mol. The van der Waals surface area contributed by atoms with Crippen molar-refractivity contribution in [3.8, 4) is 5.75 Å². The largest absolute Gasteiger partial charge is 0.497 e. The lowest BCUT2D eigenvalue weighted by molar-refractivity contribution is -0.342. The molecule has 2 aromatic carbocycles. The summed E-state index contributed by atoms with van der Waals surface area (Å²) in [5.74, 6) is -0.949. The molecular formula is C18H18O4. The molecule has 2 bridgehead atoms. The SMILES string of the molecule is COc1ccc([C@@]23OO[C@@](C)(O2)C(C)c2ccccc23)cc1. The van der Waals surface area contributed by atoms with Crippen LogP contribution in [0, 0.1) is 0 Å². The van der Waals surface area contributed by atoms with Crippen molar-refractivity contribution in [3.63, 3.8) is 0 Å². The van der Waals surface area contributed by atoms with E-state index < -0.39 is 11.6 Å². The Morgan fingerprint density at radius 2 is 1.73 bits per heavy atom. The summed E-state index contributed by atoms with van der Waals surface area (Å²) in [5, 5.41) is 0. The van der Waals surface area contributed by atoms with Crippen LogP contribution in [0.15, 0.2) is 48.5 Å². The summed E-state index contributed by atoms with van der Waals surface area (Å²) < 4.78 is 11.5. The highest BCUT2D eigenvalue weighted by Crippen LogP contribution is 2.56. The van der Waals surface area contributed by atoms with Crippen LogP contribution in [0.3, 0.4) is 0 Å². The van der Waals surface area contributed by atoms with Gasteiger partial charge in [0.05, 0.1) is 7.11 Å². The van der Waals surface area contributed by atoms with E-state index in [0.717, 1.165) is 16.9 Å². The summed E-state index contributed by atoms with van der Waals surface area (Å²) in [4.78, 5) is 11.4. The molecule has 2 aliphatic heterocycles. The van der Waals surface area contributed by atoms with E-state index >= 15 is 0 Å². The van der Waals surface area contributed by atoms with Gasteiger partial charge in [-0.1, -0.05) is 31.2 Å². The van der Waals surface area contributed by atoms with Crippen molar-refractivity contribution in [2.75, 3.05) is 7.11 Å². The topological polar surface area (TPSA) is 36.9 Å². The minimum Gasteiger partial charge on any atom is -0.497 e. The van der Waals surface area contributed by atoms with Crippen molar-refractivity contribution < 1.29 is 19.2 Å². The lowest BCUT2D eigenvalue weighted by Crippen LogP contribution is -2.42. The molecule has 2 aliphatic rings. The molecule has 1 unspecified atom stereocenters. The third-order valence-electron chi connectivity index (χ3n) is 4.71. The average Bonchev–Trinajstić information content (AvgIpc) is 2.90. The number of hydrogen-bond donors (Lipinski definition) is 0. The molecule has 0 radical (unpaired) electrons. The van der Waals surface area contributed by atoms with Gasteiger partial charge in [0, 0.05) is 17.0 Å². The van der Waals surface area contributed by atoms with E-state index in [1.807, 2.05) is 49.4 Å². The van der Waals surface area contributed by atoms with Gasteiger partial charge in [-0.2, -0.15) is 9.78 Å². The maximum absolute atomic E-state index is 6.29. The molecule has 4 heteroatoms. The number of ether oxygens (including phenoxy) is 2. The number of benzene rings is 2. The first-order chi connectivity index (χ1) is 10.6. The first-order valence-corrected chi connectivity index (χ1v) is 7.40. The Hall–Kier alpha value is -1.88. The van der Waals surface area contributed by atoms with E-state index in [1.165, 1.54) is 5.56 Å². The van der Waals surface area contributed by atoms with Gasteiger partial charge in [-0.05, 0) is 36.8 Å². The third-order valence-corrected chi connectivity index (χ3v) is 4.71. The summed E-state index contributed by atoms with van der Waals surface area (Å²) in [6, 6.07) is 15.8.